The van der Waals surface area contributed by atoms with Crippen molar-refractivity contribution in [1.29, 1.82) is 0 Å². The Hall–Kier alpha value is -1.68. The van der Waals surface area contributed by atoms with Crippen LogP contribution >= 0.6 is 0 Å². The molecule has 0 amide bonds. The molecule has 78 valence electrons. The van der Waals surface area contributed by atoms with Gasteiger partial charge in [0.2, 0.25) is 0 Å². The van der Waals surface area contributed by atoms with Gasteiger partial charge in [0.15, 0.2) is 0 Å². The van der Waals surface area contributed by atoms with E-state index in [2.05, 4.69) is 5.10 Å². The van der Waals surface area contributed by atoms with Crippen molar-refractivity contribution in [2.45, 2.75) is 6.54 Å². The van der Waals surface area contributed by atoms with Crippen LogP contribution in [0.5, 0.6) is 0 Å². The van der Waals surface area contributed by atoms with Crippen molar-refractivity contribution >= 4 is 0 Å². The first-order valence-corrected chi connectivity index (χ1v) is 4.69. The van der Waals surface area contributed by atoms with Crippen LogP contribution in [0, 0.1) is 5.82 Å². The summed E-state index contributed by atoms with van der Waals surface area (Å²) in [5.74, 6) is -0.251. The van der Waals surface area contributed by atoms with E-state index in [4.69, 9.17) is 5.73 Å². The van der Waals surface area contributed by atoms with Gasteiger partial charge in [0, 0.05) is 25.4 Å². The second kappa shape index (κ2) is 3.82. The lowest BCUT2D eigenvalue weighted by atomic mass is 10.1. The van der Waals surface area contributed by atoms with Gasteiger partial charge in [0.1, 0.15) is 5.82 Å². The zero-order valence-corrected chi connectivity index (χ0v) is 8.44. The molecule has 0 bridgehead atoms. The van der Waals surface area contributed by atoms with Crippen LogP contribution in [0.2, 0.25) is 0 Å². The molecule has 0 atom stereocenters. The Morgan fingerprint density at radius 2 is 2.27 bits per heavy atom. The Morgan fingerprint density at radius 3 is 2.93 bits per heavy atom. The first-order valence-electron chi connectivity index (χ1n) is 4.69. The molecular weight excluding hydrogens is 193 g/mol. The second-order valence-corrected chi connectivity index (χ2v) is 3.38. The first-order chi connectivity index (χ1) is 7.20. The minimum atomic E-state index is -0.251. The Kier molecular flexibility index (Phi) is 2.51. The van der Waals surface area contributed by atoms with Crippen LogP contribution in [0.3, 0.4) is 0 Å². The average molecular weight is 205 g/mol. The fourth-order valence-electron chi connectivity index (χ4n) is 1.58. The van der Waals surface area contributed by atoms with Gasteiger partial charge in [-0.15, -0.1) is 0 Å². The molecule has 0 fully saturated rings. The van der Waals surface area contributed by atoms with Crippen molar-refractivity contribution in [3.63, 3.8) is 0 Å². The van der Waals surface area contributed by atoms with Gasteiger partial charge in [-0.2, -0.15) is 5.10 Å². The Morgan fingerprint density at radius 1 is 1.47 bits per heavy atom. The van der Waals surface area contributed by atoms with Crippen LogP contribution in [0.4, 0.5) is 4.39 Å². The van der Waals surface area contributed by atoms with Crippen molar-refractivity contribution in [2.75, 3.05) is 0 Å². The van der Waals surface area contributed by atoms with Crippen LogP contribution < -0.4 is 5.73 Å². The fourth-order valence-corrected chi connectivity index (χ4v) is 1.58. The van der Waals surface area contributed by atoms with E-state index in [-0.39, 0.29) is 5.82 Å². The topological polar surface area (TPSA) is 43.8 Å². The van der Waals surface area contributed by atoms with E-state index in [1.54, 1.807) is 10.7 Å². The molecule has 0 radical (unpaired) electrons. The molecule has 1 aromatic heterocycles. The predicted octanol–water partition coefficient (Wildman–Crippen LogP) is 1.68. The SMILES string of the molecule is Cn1cc(-c2cccc(F)c2)c(CN)n1. The smallest absolute Gasteiger partial charge is 0.123 e. The molecule has 15 heavy (non-hydrogen) atoms. The van der Waals surface area contributed by atoms with E-state index in [9.17, 15) is 4.39 Å². The van der Waals surface area contributed by atoms with Gasteiger partial charge in [-0.3, -0.25) is 4.68 Å². The third-order valence-electron chi connectivity index (χ3n) is 2.23. The number of rotatable bonds is 2. The quantitative estimate of drug-likeness (QED) is 0.810. The van der Waals surface area contributed by atoms with Crippen LogP contribution in [-0.2, 0) is 13.6 Å². The summed E-state index contributed by atoms with van der Waals surface area (Å²) in [5.41, 5.74) is 8.05. The molecule has 0 aliphatic rings. The van der Waals surface area contributed by atoms with Crippen molar-refractivity contribution < 1.29 is 4.39 Å². The molecule has 1 heterocycles. The molecule has 0 spiro atoms. The lowest BCUT2D eigenvalue weighted by Crippen LogP contribution is -1.99. The molecule has 0 aliphatic carbocycles. The van der Waals surface area contributed by atoms with Gasteiger partial charge in [0.05, 0.1) is 5.69 Å². The third-order valence-corrected chi connectivity index (χ3v) is 2.23. The molecule has 0 aliphatic heterocycles. The molecule has 2 N–H and O–H groups in total. The number of hydrogen-bond acceptors (Lipinski definition) is 2. The number of hydrogen-bond donors (Lipinski definition) is 1. The minimum absolute atomic E-state index is 0.251. The van der Waals surface area contributed by atoms with E-state index < -0.39 is 0 Å². The fraction of sp³-hybridized carbons (Fsp3) is 0.182. The Bertz CT molecular complexity index is 476. The van der Waals surface area contributed by atoms with Gasteiger partial charge in [0.25, 0.3) is 0 Å². The van der Waals surface area contributed by atoms with Gasteiger partial charge in [-0.05, 0) is 17.7 Å². The van der Waals surface area contributed by atoms with Gasteiger partial charge in [-0.1, -0.05) is 12.1 Å². The van der Waals surface area contributed by atoms with Crippen LogP contribution in [-0.4, -0.2) is 9.78 Å². The highest BCUT2D eigenvalue weighted by Crippen LogP contribution is 2.22. The maximum Gasteiger partial charge on any atom is 0.123 e. The lowest BCUT2D eigenvalue weighted by Gasteiger charge is -1.99. The van der Waals surface area contributed by atoms with Crippen molar-refractivity contribution in [3.05, 3.63) is 42.0 Å². The number of aromatic nitrogens is 2. The van der Waals surface area contributed by atoms with Crippen LogP contribution in [0.1, 0.15) is 5.69 Å². The maximum absolute atomic E-state index is 13.0. The summed E-state index contributed by atoms with van der Waals surface area (Å²) in [7, 11) is 1.82. The molecule has 3 nitrogen and oxygen atoms in total. The highest BCUT2D eigenvalue weighted by atomic mass is 19.1. The number of halogens is 1. The highest BCUT2D eigenvalue weighted by Gasteiger charge is 2.08. The Balaban J connectivity index is 2.53. The van der Waals surface area contributed by atoms with E-state index in [0.29, 0.717) is 6.54 Å². The van der Waals surface area contributed by atoms with E-state index in [1.807, 2.05) is 19.3 Å². The van der Waals surface area contributed by atoms with Gasteiger partial charge in [-0.25, -0.2) is 4.39 Å². The third kappa shape index (κ3) is 1.89. The summed E-state index contributed by atoms with van der Waals surface area (Å²) in [6, 6.07) is 6.43. The molecule has 2 rings (SSSR count). The number of nitrogens with two attached hydrogens (primary N) is 1. The second-order valence-electron chi connectivity index (χ2n) is 3.38. The van der Waals surface area contributed by atoms with Crippen LogP contribution in [0.25, 0.3) is 11.1 Å². The van der Waals surface area contributed by atoms with E-state index >= 15 is 0 Å². The van der Waals surface area contributed by atoms with Gasteiger partial charge >= 0.3 is 0 Å². The maximum atomic E-state index is 13.0. The molecule has 2 aromatic rings. The zero-order chi connectivity index (χ0) is 10.8. The summed E-state index contributed by atoms with van der Waals surface area (Å²) in [4.78, 5) is 0. The molecule has 0 saturated heterocycles. The lowest BCUT2D eigenvalue weighted by molar-refractivity contribution is 0.628. The summed E-state index contributed by atoms with van der Waals surface area (Å²) >= 11 is 0. The average Bonchev–Trinajstić information content (AvgIpc) is 2.59. The number of nitrogens with zero attached hydrogens (tertiary/aromatic N) is 2. The summed E-state index contributed by atoms with van der Waals surface area (Å²) < 4.78 is 14.7. The molecule has 4 heteroatoms. The Labute approximate surface area is 87.3 Å². The standard InChI is InChI=1S/C11H12FN3/c1-15-7-10(11(6-13)14-15)8-3-2-4-9(12)5-8/h2-5,7H,6,13H2,1H3. The van der Waals surface area contributed by atoms with E-state index in [1.165, 1.54) is 12.1 Å². The van der Waals surface area contributed by atoms with Crippen LogP contribution in [0.15, 0.2) is 30.5 Å². The largest absolute Gasteiger partial charge is 0.325 e. The summed E-state index contributed by atoms with van der Waals surface area (Å²) in [5, 5.41) is 4.20. The predicted molar refractivity (Wildman–Crippen MR) is 56.5 cm³/mol. The van der Waals surface area contributed by atoms with E-state index in [0.717, 1.165) is 16.8 Å². The normalized spacial score (nSPS) is 10.6. The molecule has 0 saturated carbocycles. The van der Waals surface area contributed by atoms with Crippen molar-refractivity contribution in [1.82, 2.24) is 9.78 Å². The minimum Gasteiger partial charge on any atom is -0.325 e. The molecule has 1 aromatic carbocycles. The van der Waals surface area contributed by atoms with Gasteiger partial charge < -0.3 is 5.73 Å². The molecule has 0 unspecified atom stereocenters. The summed E-state index contributed by atoms with van der Waals surface area (Å²) in [6.45, 7) is 0.354. The molecular formula is C11H12FN3. The summed E-state index contributed by atoms with van der Waals surface area (Å²) in [6.07, 6.45) is 1.84. The van der Waals surface area contributed by atoms with Crippen molar-refractivity contribution in [3.8, 4) is 11.1 Å². The number of aryl methyl sites for hydroxylation is 1. The zero-order valence-electron chi connectivity index (χ0n) is 8.44. The highest BCUT2D eigenvalue weighted by molar-refractivity contribution is 5.65. The first kappa shape index (κ1) is 9.86. The monoisotopic (exact) mass is 205 g/mol. The number of benzene rings is 1. The van der Waals surface area contributed by atoms with Crippen molar-refractivity contribution in [2.24, 2.45) is 12.8 Å².